The van der Waals surface area contributed by atoms with Gasteiger partial charge in [0.25, 0.3) is 0 Å². The Bertz CT molecular complexity index is 743. The van der Waals surface area contributed by atoms with Crippen molar-refractivity contribution in [3.8, 4) is 0 Å². The van der Waals surface area contributed by atoms with Crippen molar-refractivity contribution < 1.29 is 4.79 Å². The van der Waals surface area contributed by atoms with Crippen LogP contribution in [0, 0.1) is 58.2 Å². The summed E-state index contributed by atoms with van der Waals surface area (Å²) >= 11 is 0. The highest BCUT2D eigenvalue weighted by atomic mass is 16.1. The maximum absolute atomic E-state index is 12.4. The van der Waals surface area contributed by atoms with Gasteiger partial charge in [-0.3, -0.25) is 4.79 Å². The van der Waals surface area contributed by atoms with Crippen molar-refractivity contribution in [2.24, 2.45) is 58.2 Å². The minimum Gasteiger partial charge on any atom is -0.295 e. The second kappa shape index (κ2) is 6.83. The van der Waals surface area contributed by atoms with E-state index < -0.39 is 0 Å². The average molecular weight is 395 g/mol. The van der Waals surface area contributed by atoms with E-state index in [9.17, 15) is 4.79 Å². The monoisotopic (exact) mass is 394 g/mol. The lowest BCUT2D eigenvalue weighted by Gasteiger charge is -2.56. The van der Waals surface area contributed by atoms with E-state index in [0.29, 0.717) is 23.0 Å². The summed E-state index contributed by atoms with van der Waals surface area (Å²) in [6, 6.07) is 0. The molecule has 29 heavy (non-hydrogen) atoms. The van der Waals surface area contributed by atoms with Gasteiger partial charge >= 0.3 is 0 Å². The number of ketones is 1. The van der Waals surface area contributed by atoms with Crippen molar-refractivity contribution in [2.45, 2.75) is 86.0 Å². The Labute approximate surface area is 178 Å². The van der Waals surface area contributed by atoms with Crippen LogP contribution >= 0.6 is 0 Å². The number of carbonyl (C=O) groups excluding carboxylic acids is 1. The summed E-state index contributed by atoms with van der Waals surface area (Å²) in [5.74, 6) is 6.44. The molecule has 5 aliphatic rings. The molecule has 0 aliphatic heterocycles. The second-order valence-electron chi connectivity index (χ2n) is 12.4. The van der Waals surface area contributed by atoms with Crippen LogP contribution in [0.4, 0.5) is 0 Å². The fraction of sp³-hybridized carbons (Fsp3) is 0.821. The molecule has 160 valence electrons. The van der Waals surface area contributed by atoms with Crippen LogP contribution in [0.25, 0.3) is 0 Å². The van der Waals surface area contributed by atoms with E-state index in [1.165, 1.54) is 50.5 Å². The van der Waals surface area contributed by atoms with Gasteiger partial charge in [0.1, 0.15) is 0 Å². The van der Waals surface area contributed by atoms with Crippen molar-refractivity contribution in [2.75, 3.05) is 0 Å². The molecule has 0 spiro atoms. The van der Waals surface area contributed by atoms with Gasteiger partial charge < -0.3 is 0 Å². The third kappa shape index (κ3) is 2.89. The van der Waals surface area contributed by atoms with Gasteiger partial charge in [-0.15, -0.1) is 0 Å². The fourth-order valence-corrected chi connectivity index (χ4v) is 8.92. The van der Waals surface area contributed by atoms with Gasteiger partial charge in [0.05, 0.1) is 0 Å². The van der Waals surface area contributed by atoms with Gasteiger partial charge in [-0.25, -0.2) is 0 Å². The van der Waals surface area contributed by atoms with Crippen molar-refractivity contribution in [3.05, 3.63) is 23.8 Å². The van der Waals surface area contributed by atoms with Crippen LogP contribution in [0.3, 0.4) is 0 Å². The number of carbonyl (C=O) groups is 1. The fourth-order valence-electron chi connectivity index (χ4n) is 8.92. The average Bonchev–Trinajstić information content (AvgIpc) is 3.40. The first-order valence-corrected chi connectivity index (χ1v) is 12.7. The summed E-state index contributed by atoms with van der Waals surface area (Å²) in [5, 5.41) is 0. The summed E-state index contributed by atoms with van der Waals surface area (Å²) in [6.45, 7) is 12.5. The summed E-state index contributed by atoms with van der Waals surface area (Å²) in [4.78, 5) is 12.4. The zero-order valence-corrected chi connectivity index (χ0v) is 19.4. The predicted molar refractivity (Wildman–Crippen MR) is 120 cm³/mol. The zero-order valence-electron chi connectivity index (χ0n) is 19.4. The van der Waals surface area contributed by atoms with Crippen molar-refractivity contribution >= 4 is 5.78 Å². The molecule has 0 unspecified atom stereocenters. The molecule has 5 aliphatic carbocycles. The molecule has 0 saturated heterocycles. The Hall–Kier alpha value is -0.850. The molecule has 5 rings (SSSR count). The molecule has 0 bridgehead atoms. The van der Waals surface area contributed by atoms with Gasteiger partial charge in [-0.2, -0.15) is 0 Å². The van der Waals surface area contributed by atoms with Crippen LogP contribution in [0.2, 0.25) is 0 Å². The lowest BCUT2D eigenvalue weighted by molar-refractivity contribution is -0.117. The topological polar surface area (TPSA) is 17.1 Å². The second-order valence-corrected chi connectivity index (χ2v) is 12.4. The molecular formula is C28H42O. The zero-order chi connectivity index (χ0) is 20.6. The number of fused-ring (bicyclic) bond motifs is 7. The molecule has 0 N–H and O–H groups in total. The molecule has 0 radical (unpaired) electrons. The van der Waals surface area contributed by atoms with Crippen LogP contribution in [0.1, 0.15) is 86.0 Å². The van der Waals surface area contributed by atoms with Crippen LogP contribution in [0.5, 0.6) is 0 Å². The number of rotatable bonds is 5. The highest BCUT2D eigenvalue weighted by Crippen LogP contribution is 2.70. The van der Waals surface area contributed by atoms with Crippen LogP contribution in [0.15, 0.2) is 23.8 Å². The molecule has 3 fully saturated rings. The first-order chi connectivity index (χ1) is 13.8. The summed E-state index contributed by atoms with van der Waals surface area (Å²) in [6.07, 6.45) is 18.0. The molecule has 0 amide bonds. The Morgan fingerprint density at radius 3 is 2.59 bits per heavy atom. The van der Waals surface area contributed by atoms with Gasteiger partial charge in [-0.1, -0.05) is 66.0 Å². The van der Waals surface area contributed by atoms with E-state index in [1.54, 1.807) is 0 Å². The molecule has 9 atom stereocenters. The normalized spacial score (nSPS) is 48.5. The molecule has 0 aromatic heterocycles. The summed E-state index contributed by atoms with van der Waals surface area (Å²) < 4.78 is 0. The Morgan fingerprint density at radius 2 is 1.83 bits per heavy atom. The maximum Gasteiger partial charge on any atom is 0.159 e. The molecule has 0 aromatic carbocycles. The van der Waals surface area contributed by atoms with E-state index in [-0.39, 0.29) is 5.41 Å². The van der Waals surface area contributed by atoms with E-state index in [1.807, 2.05) is 6.08 Å². The van der Waals surface area contributed by atoms with Gasteiger partial charge in [0.15, 0.2) is 5.78 Å². The molecule has 1 nitrogen and oxygen atoms in total. The molecule has 0 heterocycles. The first kappa shape index (κ1) is 20.1. The van der Waals surface area contributed by atoms with E-state index in [4.69, 9.17) is 0 Å². The van der Waals surface area contributed by atoms with Crippen LogP contribution in [-0.2, 0) is 4.79 Å². The standard InChI is InChI=1S/C28H42O/c1-17(2)7-6-8-18(3)22-11-12-23-20-10-9-19-15-26(29)21-16-25(21)28(19,5)24(20)13-14-27(22,23)4/h9-10,15,17-18,20-25H,6-8,11-14,16H2,1-5H3/t18-,20+,21-,22-,23+,24+,25+,27-,28+/m1/s1. The van der Waals surface area contributed by atoms with Crippen LogP contribution in [-0.4, -0.2) is 5.78 Å². The highest BCUT2D eigenvalue weighted by molar-refractivity contribution is 5.97. The third-order valence-electron chi connectivity index (χ3n) is 10.6. The van der Waals surface area contributed by atoms with E-state index in [0.717, 1.165) is 41.9 Å². The van der Waals surface area contributed by atoms with Gasteiger partial charge in [-0.05, 0) is 96.0 Å². The maximum atomic E-state index is 12.4. The molecule has 3 saturated carbocycles. The minimum atomic E-state index is 0.278. The Balaban J connectivity index is 1.37. The smallest absolute Gasteiger partial charge is 0.159 e. The number of hydrogen-bond donors (Lipinski definition) is 0. The Morgan fingerprint density at radius 1 is 1.03 bits per heavy atom. The molecule has 1 heteroatoms. The summed E-state index contributed by atoms with van der Waals surface area (Å²) in [7, 11) is 0. The Kier molecular flexibility index (Phi) is 4.73. The molecular weight excluding hydrogens is 352 g/mol. The van der Waals surface area contributed by atoms with Crippen molar-refractivity contribution in [3.63, 3.8) is 0 Å². The van der Waals surface area contributed by atoms with Crippen LogP contribution < -0.4 is 0 Å². The van der Waals surface area contributed by atoms with Gasteiger partial charge in [0, 0.05) is 5.92 Å². The SMILES string of the molecule is CC(C)CCC[C@@H](C)[C@H]1CC[C@H]2[C@@H]3C=CC4=CC(=O)[C@@H]5C[C@@H]5[C@]4(C)[C@H]3CC[C@]12C. The van der Waals surface area contributed by atoms with Crippen molar-refractivity contribution in [1.82, 2.24) is 0 Å². The minimum absolute atomic E-state index is 0.278. The summed E-state index contributed by atoms with van der Waals surface area (Å²) in [5.41, 5.74) is 2.19. The lowest BCUT2D eigenvalue weighted by Crippen LogP contribution is -2.50. The predicted octanol–water partition coefficient (Wildman–Crippen LogP) is 7.23. The third-order valence-corrected chi connectivity index (χ3v) is 10.6. The quantitative estimate of drug-likeness (QED) is 0.481. The highest BCUT2D eigenvalue weighted by Gasteiger charge is 2.65. The van der Waals surface area contributed by atoms with E-state index in [2.05, 4.69) is 46.8 Å². The van der Waals surface area contributed by atoms with Gasteiger partial charge in [0.2, 0.25) is 0 Å². The number of hydrogen-bond acceptors (Lipinski definition) is 1. The first-order valence-electron chi connectivity index (χ1n) is 12.7. The molecule has 0 aromatic rings. The lowest BCUT2D eigenvalue weighted by atomic mass is 9.48. The van der Waals surface area contributed by atoms with Crippen molar-refractivity contribution in [1.29, 1.82) is 0 Å². The largest absolute Gasteiger partial charge is 0.295 e. The van der Waals surface area contributed by atoms with E-state index >= 15 is 0 Å². The number of allylic oxidation sites excluding steroid dienone is 4.